The van der Waals surface area contributed by atoms with Crippen LogP contribution in [-0.2, 0) is 10.3 Å². The van der Waals surface area contributed by atoms with Crippen molar-refractivity contribution >= 4 is 27.8 Å². The van der Waals surface area contributed by atoms with E-state index in [0.29, 0.717) is 0 Å². The van der Waals surface area contributed by atoms with Crippen molar-refractivity contribution in [1.29, 1.82) is 0 Å². The fourth-order valence-electron chi connectivity index (χ4n) is 3.31. The monoisotopic (exact) mass is 316 g/mol. The van der Waals surface area contributed by atoms with Crippen LogP contribution in [0.3, 0.4) is 0 Å². The quantitative estimate of drug-likeness (QED) is 0.620. The molecule has 1 atom stereocenters. The molecule has 4 aromatic rings. The summed E-state index contributed by atoms with van der Waals surface area (Å²) in [6.45, 7) is 1.73. The Balaban J connectivity index is 2.08. The Morgan fingerprint density at radius 1 is 1.00 bits per heavy atom. The highest BCUT2D eigenvalue weighted by atomic mass is 16.4. The van der Waals surface area contributed by atoms with Crippen LogP contribution >= 0.6 is 0 Å². The van der Waals surface area contributed by atoms with Crippen molar-refractivity contribution in [3.63, 3.8) is 0 Å². The molecule has 0 bridgehead atoms. The fourth-order valence-corrected chi connectivity index (χ4v) is 3.31. The van der Waals surface area contributed by atoms with E-state index in [0.717, 1.165) is 27.4 Å². The van der Waals surface area contributed by atoms with E-state index in [1.54, 1.807) is 17.8 Å². The summed E-state index contributed by atoms with van der Waals surface area (Å²) in [7, 11) is 0. The molecule has 0 aliphatic carbocycles. The number of aliphatic carboxylic acids is 1. The third-order valence-electron chi connectivity index (χ3n) is 4.67. The maximum absolute atomic E-state index is 12.4. The number of imidazole rings is 1. The molecule has 0 fully saturated rings. The first-order valence-corrected chi connectivity index (χ1v) is 7.76. The predicted molar refractivity (Wildman–Crippen MR) is 94.1 cm³/mol. The average Bonchev–Trinajstić information content (AvgIpc) is 3.05. The van der Waals surface area contributed by atoms with Crippen molar-refractivity contribution in [2.45, 2.75) is 12.5 Å². The molecule has 4 rings (SSSR count). The summed E-state index contributed by atoms with van der Waals surface area (Å²) in [6.07, 6.45) is 1.61. The van der Waals surface area contributed by atoms with Crippen molar-refractivity contribution in [1.82, 2.24) is 9.55 Å². The van der Waals surface area contributed by atoms with Gasteiger partial charge in [-0.1, -0.05) is 54.6 Å². The number of hydrogen-bond acceptors (Lipinski definition) is 2. The Morgan fingerprint density at radius 3 is 2.54 bits per heavy atom. The predicted octanol–water partition coefficient (Wildman–Crippen LogP) is 4.04. The second kappa shape index (κ2) is 5.20. The molecule has 3 aromatic carbocycles. The molecule has 0 aliphatic heterocycles. The smallest absolute Gasteiger partial charge is 0.334 e. The number of carboxylic acid groups (broad SMARTS) is 1. The summed E-state index contributed by atoms with van der Waals surface area (Å²) in [6, 6.07) is 21.2. The highest BCUT2D eigenvalue weighted by molar-refractivity contribution is 5.94. The molecule has 0 saturated carbocycles. The van der Waals surface area contributed by atoms with Crippen molar-refractivity contribution in [2.75, 3.05) is 0 Å². The molecule has 4 nitrogen and oxygen atoms in total. The zero-order valence-corrected chi connectivity index (χ0v) is 13.2. The Morgan fingerprint density at radius 2 is 1.71 bits per heavy atom. The highest BCUT2D eigenvalue weighted by Crippen LogP contribution is 2.34. The summed E-state index contributed by atoms with van der Waals surface area (Å²) in [4.78, 5) is 16.7. The van der Waals surface area contributed by atoms with Crippen LogP contribution in [-0.4, -0.2) is 20.6 Å². The van der Waals surface area contributed by atoms with Gasteiger partial charge in [0.25, 0.3) is 0 Å². The van der Waals surface area contributed by atoms with E-state index in [1.807, 2.05) is 66.7 Å². The first-order chi connectivity index (χ1) is 11.6. The lowest BCUT2D eigenvalue weighted by Crippen LogP contribution is -2.39. The van der Waals surface area contributed by atoms with E-state index in [4.69, 9.17) is 0 Å². The number of fused-ring (bicyclic) bond motifs is 2. The minimum atomic E-state index is -1.25. The Labute approximate surface area is 139 Å². The van der Waals surface area contributed by atoms with Gasteiger partial charge in [0.2, 0.25) is 0 Å². The third kappa shape index (κ3) is 1.93. The van der Waals surface area contributed by atoms with E-state index in [9.17, 15) is 9.90 Å². The Bertz CT molecular complexity index is 1060. The van der Waals surface area contributed by atoms with Gasteiger partial charge in [-0.15, -0.1) is 0 Å². The molecule has 1 unspecified atom stereocenters. The lowest BCUT2D eigenvalue weighted by Gasteiger charge is -2.29. The molecule has 0 saturated heterocycles. The molecule has 24 heavy (non-hydrogen) atoms. The molecule has 0 spiro atoms. The third-order valence-corrected chi connectivity index (χ3v) is 4.67. The molecule has 1 N–H and O–H groups in total. The first kappa shape index (κ1) is 14.5. The number of aromatic nitrogens is 2. The molecular formula is C20H16N2O2. The van der Waals surface area contributed by atoms with Crippen LogP contribution < -0.4 is 0 Å². The summed E-state index contributed by atoms with van der Waals surface area (Å²) in [5, 5.41) is 12.1. The molecule has 1 aromatic heterocycles. The molecular weight excluding hydrogens is 300 g/mol. The minimum absolute atomic E-state index is 0.747. The molecule has 4 heteroatoms. The van der Waals surface area contributed by atoms with Crippen molar-refractivity contribution in [3.05, 3.63) is 78.6 Å². The second-order valence-electron chi connectivity index (χ2n) is 6.01. The Hall–Kier alpha value is -3.14. The van der Waals surface area contributed by atoms with Crippen LogP contribution in [0.1, 0.15) is 12.5 Å². The topological polar surface area (TPSA) is 55.1 Å². The van der Waals surface area contributed by atoms with E-state index in [1.165, 1.54) is 0 Å². The SMILES string of the molecule is CC(C(=O)O)(c1cccc2ccccc12)n1cnc2ccccc21. The summed E-state index contributed by atoms with van der Waals surface area (Å²) < 4.78 is 1.74. The van der Waals surface area contributed by atoms with Gasteiger partial charge in [0.05, 0.1) is 17.4 Å². The van der Waals surface area contributed by atoms with E-state index >= 15 is 0 Å². The van der Waals surface area contributed by atoms with Crippen LogP contribution in [0.15, 0.2) is 73.1 Å². The standard InChI is InChI=1S/C20H16N2O2/c1-20(19(23)24,22-13-21-17-11-4-5-12-18(17)22)16-10-6-8-14-7-2-3-9-15(14)16/h2-13H,1H3,(H,23,24). The van der Waals surface area contributed by atoms with Gasteiger partial charge in [-0.05, 0) is 35.4 Å². The van der Waals surface area contributed by atoms with Gasteiger partial charge in [-0.25, -0.2) is 9.78 Å². The van der Waals surface area contributed by atoms with Gasteiger partial charge in [0.1, 0.15) is 0 Å². The second-order valence-corrected chi connectivity index (χ2v) is 6.01. The average molecular weight is 316 g/mol. The van der Waals surface area contributed by atoms with Gasteiger partial charge < -0.3 is 9.67 Å². The van der Waals surface area contributed by atoms with E-state index < -0.39 is 11.5 Å². The van der Waals surface area contributed by atoms with Crippen LogP contribution in [0.25, 0.3) is 21.8 Å². The fraction of sp³-hybridized carbons (Fsp3) is 0.100. The number of hydrogen-bond donors (Lipinski definition) is 1. The van der Waals surface area contributed by atoms with Crippen molar-refractivity contribution in [2.24, 2.45) is 0 Å². The number of carboxylic acids is 1. The molecule has 1 heterocycles. The molecule has 0 amide bonds. The number of carbonyl (C=O) groups is 1. The number of nitrogens with zero attached hydrogens (tertiary/aromatic N) is 2. The van der Waals surface area contributed by atoms with Crippen LogP contribution in [0.2, 0.25) is 0 Å². The number of para-hydroxylation sites is 2. The van der Waals surface area contributed by atoms with Gasteiger partial charge in [-0.3, -0.25) is 0 Å². The number of rotatable bonds is 3. The lowest BCUT2D eigenvalue weighted by atomic mass is 9.87. The van der Waals surface area contributed by atoms with Crippen LogP contribution in [0.4, 0.5) is 0 Å². The summed E-state index contributed by atoms with van der Waals surface area (Å²) >= 11 is 0. The maximum Gasteiger partial charge on any atom is 0.334 e. The van der Waals surface area contributed by atoms with Crippen LogP contribution in [0.5, 0.6) is 0 Å². The zero-order valence-electron chi connectivity index (χ0n) is 13.2. The maximum atomic E-state index is 12.4. The van der Waals surface area contributed by atoms with Crippen molar-refractivity contribution in [3.8, 4) is 0 Å². The van der Waals surface area contributed by atoms with E-state index in [-0.39, 0.29) is 0 Å². The first-order valence-electron chi connectivity index (χ1n) is 7.76. The van der Waals surface area contributed by atoms with Gasteiger partial charge >= 0.3 is 5.97 Å². The molecule has 118 valence electrons. The summed E-state index contributed by atoms with van der Waals surface area (Å²) in [5.74, 6) is -0.915. The largest absolute Gasteiger partial charge is 0.479 e. The summed E-state index contributed by atoms with van der Waals surface area (Å²) in [5.41, 5.74) is 1.08. The zero-order chi connectivity index (χ0) is 16.7. The Kier molecular flexibility index (Phi) is 3.13. The van der Waals surface area contributed by atoms with Gasteiger partial charge in [0.15, 0.2) is 5.54 Å². The van der Waals surface area contributed by atoms with E-state index in [2.05, 4.69) is 4.98 Å². The van der Waals surface area contributed by atoms with Crippen LogP contribution in [0, 0.1) is 0 Å². The van der Waals surface area contributed by atoms with Gasteiger partial charge in [-0.2, -0.15) is 0 Å². The lowest BCUT2D eigenvalue weighted by molar-refractivity contribution is -0.144. The normalized spacial score (nSPS) is 13.9. The number of benzene rings is 3. The molecule has 0 aliphatic rings. The van der Waals surface area contributed by atoms with Crippen molar-refractivity contribution < 1.29 is 9.90 Å². The highest BCUT2D eigenvalue weighted by Gasteiger charge is 2.39. The minimum Gasteiger partial charge on any atom is -0.479 e. The molecule has 0 radical (unpaired) electrons. The van der Waals surface area contributed by atoms with Gasteiger partial charge in [0, 0.05) is 0 Å².